The molecule has 2 aromatic rings. The van der Waals surface area contributed by atoms with Gasteiger partial charge in [-0.3, -0.25) is 0 Å². The minimum Gasteiger partial charge on any atom is -0.479 e. The Balaban J connectivity index is 2.26. The Kier molecular flexibility index (Phi) is 4.68. The molecule has 0 spiro atoms. The molecule has 0 saturated carbocycles. The number of rotatable bonds is 5. The Labute approximate surface area is 126 Å². The molecule has 0 aliphatic carbocycles. The lowest BCUT2D eigenvalue weighted by atomic mass is 10.1. The average Bonchev–Trinajstić information content (AvgIpc) is 2.45. The van der Waals surface area contributed by atoms with Crippen molar-refractivity contribution in [2.45, 2.75) is 20.4 Å². The number of benzene rings is 1. The summed E-state index contributed by atoms with van der Waals surface area (Å²) < 4.78 is 5.37. The highest BCUT2D eigenvalue weighted by atomic mass is 16.5. The van der Waals surface area contributed by atoms with E-state index in [4.69, 9.17) is 4.74 Å². The number of aryl methyl sites for hydroxylation is 2. The Morgan fingerprint density at radius 2 is 1.95 bits per heavy atom. The van der Waals surface area contributed by atoms with E-state index in [-0.39, 0.29) is 0 Å². The number of hydrogen-bond donors (Lipinski definition) is 1. The molecule has 0 fully saturated rings. The Hall–Kier alpha value is -2.23. The van der Waals surface area contributed by atoms with Crippen molar-refractivity contribution < 1.29 is 4.74 Å². The zero-order chi connectivity index (χ0) is 15.4. The van der Waals surface area contributed by atoms with Gasteiger partial charge < -0.3 is 15.0 Å². The first-order valence-corrected chi connectivity index (χ1v) is 7.03. The quantitative estimate of drug-likeness (QED) is 0.914. The molecule has 1 aromatic carbocycles. The van der Waals surface area contributed by atoms with E-state index in [1.54, 1.807) is 13.3 Å². The normalized spacial score (nSPS) is 10.3. The zero-order valence-electron chi connectivity index (χ0n) is 13.4. The lowest BCUT2D eigenvalue weighted by molar-refractivity contribution is 0.400. The number of ether oxygens (including phenoxy) is 1. The van der Waals surface area contributed by atoms with Crippen LogP contribution in [0.25, 0.3) is 0 Å². The number of anilines is 2. The van der Waals surface area contributed by atoms with E-state index in [1.165, 1.54) is 16.7 Å². The van der Waals surface area contributed by atoms with Gasteiger partial charge in [0, 0.05) is 26.8 Å². The third kappa shape index (κ3) is 3.45. The predicted molar refractivity (Wildman–Crippen MR) is 88.4 cm³/mol. The molecule has 4 nitrogen and oxygen atoms in total. The van der Waals surface area contributed by atoms with Crippen LogP contribution in [0.3, 0.4) is 0 Å². The van der Waals surface area contributed by atoms with Crippen molar-refractivity contribution in [2.24, 2.45) is 0 Å². The number of nitrogens with zero attached hydrogens (tertiary/aromatic N) is 2. The average molecular weight is 285 g/mol. The molecule has 0 radical (unpaired) electrons. The van der Waals surface area contributed by atoms with Crippen LogP contribution in [0.1, 0.15) is 16.7 Å². The number of pyridine rings is 1. The highest BCUT2D eigenvalue weighted by Gasteiger charge is 2.12. The molecule has 2 rings (SSSR count). The van der Waals surface area contributed by atoms with Crippen molar-refractivity contribution in [3.05, 3.63) is 47.2 Å². The van der Waals surface area contributed by atoms with E-state index in [0.29, 0.717) is 5.88 Å². The van der Waals surface area contributed by atoms with Gasteiger partial charge in [0.05, 0.1) is 12.8 Å². The fourth-order valence-corrected chi connectivity index (χ4v) is 2.35. The summed E-state index contributed by atoms with van der Waals surface area (Å²) >= 11 is 0. The monoisotopic (exact) mass is 285 g/mol. The van der Waals surface area contributed by atoms with Crippen LogP contribution < -0.4 is 15.0 Å². The summed E-state index contributed by atoms with van der Waals surface area (Å²) in [6, 6.07) is 8.48. The van der Waals surface area contributed by atoms with Crippen LogP contribution >= 0.6 is 0 Å². The minimum atomic E-state index is 0.617. The highest BCUT2D eigenvalue weighted by molar-refractivity contribution is 5.74. The summed E-state index contributed by atoms with van der Waals surface area (Å²) in [6.07, 6.45) is 1.76. The number of nitrogens with one attached hydrogen (secondary N) is 1. The summed E-state index contributed by atoms with van der Waals surface area (Å²) in [4.78, 5) is 6.33. The van der Waals surface area contributed by atoms with Gasteiger partial charge >= 0.3 is 0 Å². The van der Waals surface area contributed by atoms with E-state index in [0.717, 1.165) is 17.9 Å². The molecule has 0 atom stereocenters. The molecule has 0 aliphatic heterocycles. The maximum absolute atomic E-state index is 5.37. The third-order valence-electron chi connectivity index (χ3n) is 3.52. The Bertz CT molecular complexity index is 623. The van der Waals surface area contributed by atoms with Crippen molar-refractivity contribution in [3.63, 3.8) is 0 Å². The Morgan fingerprint density at radius 3 is 2.57 bits per heavy atom. The molecular weight excluding hydrogens is 262 g/mol. The van der Waals surface area contributed by atoms with Crippen LogP contribution in [0.2, 0.25) is 0 Å². The summed E-state index contributed by atoms with van der Waals surface area (Å²) in [6.45, 7) is 4.99. The smallest absolute Gasteiger partial charge is 0.239 e. The number of methoxy groups -OCH3 is 1. The van der Waals surface area contributed by atoms with Gasteiger partial charge in [-0.25, -0.2) is 4.98 Å². The van der Waals surface area contributed by atoms with E-state index in [1.807, 2.05) is 20.2 Å². The first-order valence-electron chi connectivity index (χ1n) is 7.03. The van der Waals surface area contributed by atoms with E-state index in [9.17, 15) is 0 Å². The van der Waals surface area contributed by atoms with Crippen LogP contribution in [-0.2, 0) is 6.54 Å². The van der Waals surface area contributed by atoms with Gasteiger partial charge in [0.1, 0.15) is 5.69 Å². The largest absolute Gasteiger partial charge is 0.479 e. The van der Waals surface area contributed by atoms with E-state index >= 15 is 0 Å². The molecule has 0 aliphatic rings. The highest BCUT2D eigenvalue weighted by Crippen LogP contribution is 2.32. The second-order valence-corrected chi connectivity index (χ2v) is 5.39. The standard InChI is InChI=1S/C17H23N3O/c1-12-6-7-14(13(2)10-12)11-19-16-15(20(3)4)8-9-18-17(16)21-5/h6-10,19H,11H2,1-5H3. The summed E-state index contributed by atoms with van der Waals surface area (Å²) in [5, 5.41) is 3.46. The SMILES string of the molecule is COc1nccc(N(C)C)c1NCc1ccc(C)cc1C. The first kappa shape index (κ1) is 15.2. The van der Waals surface area contributed by atoms with Crippen LogP contribution in [0.5, 0.6) is 5.88 Å². The van der Waals surface area contributed by atoms with E-state index < -0.39 is 0 Å². The predicted octanol–water partition coefficient (Wildman–Crippen LogP) is 3.39. The molecule has 112 valence electrons. The van der Waals surface area contributed by atoms with Crippen LogP contribution in [0.15, 0.2) is 30.5 Å². The molecule has 0 saturated heterocycles. The molecule has 0 bridgehead atoms. The molecule has 0 unspecified atom stereocenters. The van der Waals surface area contributed by atoms with Gasteiger partial charge in [0.25, 0.3) is 0 Å². The maximum atomic E-state index is 5.37. The summed E-state index contributed by atoms with van der Waals surface area (Å²) in [5.74, 6) is 0.617. The molecule has 1 N–H and O–H groups in total. The van der Waals surface area contributed by atoms with Gasteiger partial charge in [0.2, 0.25) is 5.88 Å². The van der Waals surface area contributed by atoms with Crippen LogP contribution in [0, 0.1) is 13.8 Å². The zero-order valence-corrected chi connectivity index (χ0v) is 13.4. The lowest BCUT2D eigenvalue weighted by Crippen LogP contribution is -2.13. The van der Waals surface area contributed by atoms with Gasteiger partial charge in [0.15, 0.2) is 0 Å². The minimum absolute atomic E-state index is 0.617. The second-order valence-electron chi connectivity index (χ2n) is 5.39. The van der Waals surface area contributed by atoms with Gasteiger partial charge in [-0.05, 0) is 31.0 Å². The molecule has 1 heterocycles. The fraction of sp³-hybridized carbons (Fsp3) is 0.353. The first-order chi connectivity index (χ1) is 10.0. The number of hydrogen-bond acceptors (Lipinski definition) is 4. The lowest BCUT2D eigenvalue weighted by Gasteiger charge is -2.20. The second kappa shape index (κ2) is 6.48. The molecule has 4 heteroatoms. The van der Waals surface area contributed by atoms with E-state index in [2.05, 4.69) is 47.2 Å². The maximum Gasteiger partial charge on any atom is 0.239 e. The van der Waals surface area contributed by atoms with Gasteiger partial charge in [-0.2, -0.15) is 0 Å². The van der Waals surface area contributed by atoms with Crippen molar-refractivity contribution in [1.82, 2.24) is 4.98 Å². The molecular formula is C17H23N3O. The van der Waals surface area contributed by atoms with Gasteiger partial charge in [-0.15, -0.1) is 0 Å². The van der Waals surface area contributed by atoms with Crippen molar-refractivity contribution in [1.29, 1.82) is 0 Å². The fourth-order valence-electron chi connectivity index (χ4n) is 2.35. The van der Waals surface area contributed by atoms with Crippen molar-refractivity contribution in [2.75, 3.05) is 31.4 Å². The van der Waals surface area contributed by atoms with Crippen LogP contribution in [0.4, 0.5) is 11.4 Å². The third-order valence-corrected chi connectivity index (χ3v) is 3.52. The molecule has 21 heavy (non-hydrogen) atoms. The van der Waals surface area contributed by atoms with Crippen LogP contribution in [-0.4, -0.2) is 26.2 Å². The Morgan fingerprint density at radius 1 is 1.19 bits per heavy atom. The number of aromatic nitrogens is 1. The van der Waals surface area contributed by atoms with Crippen molar-refractivity contribution >= 4 is 11.4 Å². The topological polar surface area (TPSA) is 37.4 Å². The molecule has 1 aromatic heterocycles. The molecule has 0 amide bonds. The van der Waals surface area contributed by atoms with Gasteiger partial charge in [-0.1, -0.05) is 23.8 Å². The summed E-state index contributed by atoms with van der Waals surface area (Å²) in [7, 11) is 5.66. The van der Waals surface area contributed by atoms with Crippen molar-refractivity contribution in [3.8, 4) is 5.88 Å². The summed E-state index contributed by atoms with van der Waals surface area (Å²) in [5.41, 5.74) is 5.83.